The number of nitrogens with one attached hydrogen (secondary N) is 1. The van der Waals surface area contributed by atoms with Gasteiger partial charge in [0.2, 0.25) is 15.9 Å². The molecule has 0 aliphatic carbocycles. The van der Waals surface area contributed by atoms with E-state index < -0.39 is 10.0 Å². The summed E-state index contributed by atoms with van der Waals surface area (Å²) in [7, 11) is -2.06. The number of hydrogen-bond donors (Lipinski definition) is 1. The predicted octanol–water partition coefficient (Wildman–Crippen LogP) is 2.17. The highest BCUT2D eigenvalue weighted by Gasteiger charge is 2.30. The molecule has 1 aliphatic heterocycles. The van der Waals surface area contributed by atoms with Gasteiger partial charge in [0.25, 0.3) is 0 Å². The SMILES string of the molecule is COc1ccc(CNC(=O)CN2CCN(S(=O)(=O)c3cccc4cc(C)cnc34)CC2)cc1. The number of carbonyl (C=O) groups is 1. The summed E-state index contributed by atoms with van der Waals surface area (Å²) < 4.78 is 33.2. The quantitative estimate of drug-likeness (QED) is 0.572. The number of carbonyl (C=O) groups excluding carboxylic acids is 1. The third kappa shape index (κ3) is 5.32. The van der Waals surface area contributed by atoms with E-state index in [2.05, 4.69) is 10.3 Å². The maximum atomic E-state index is 13.3. The second-order valence-corrected chi connectivity index (χ2v) is 10.1. The molecule has 1 aliphatic rings. The molecule has 1 aromatic heterocycles. The number of hydrogen-bond acceptors (Lipinski definition) is 6. The largest absolute Gasteiger partial charge is 0.497 e. The van der Waals surface area contributed by atoms with Crippen LogP contribution in [0.25, 0.3) is 10.9 Å². The Morgan fingerprint density at radius 2 is 1.82 bits per heavy atom. The van der Waals surface area contributed by atoms with Gasteiger partial charge in [-0.15, -0.1) is 0 Å². The van der Waals surface area contributed by atoms with E-state index in [9.17, 15) is 13.2 Å². The molecule has 174 valence electrons. The average molecular weight is 469 g/mol. The van der Waals surface area contributed by atoms with E-state index in [1.807, 2.05) is 48.2 Å². The van der Waals surface area contributed by atoms with Gasteiger partial charge in [0.05, 0.1) is 19.2 Å². The molecule has 1 N–H and O–H groups in total. The fraction of sp³-hybridized carbons (Fsp3) is 0.333. The van der Waals surface area contributed by atoms with E-state index in [0.717, 1.165) is 22.3 Å². The van der Waals surface area contributed by atoms with Crippen molar-refractivity contribution in [3.63, 3.8) is 0 Å². The molecule has 2 heterocycles. The minimum Gasteiger partial charge on any atom is -0.497 e. The number of para-hydroxylation sites is 1. The molecule has 2 aromatic carbocycles. The first-order valence-corrected chi connectivity index (χ1v) is 12.3. The summed E-state index contributed by atoms with van der Waals surface area (Å²) in [6, 6.07) is 14.7. The van der Waals surface area contributed by atoms with Crippen molar-refractivity contribution in [2.75, 3.05) is 39.8 Å². The van der Waals surface area contributed by atoms with Crippen molar-refractivity contribution in [3.8, 4) is 5.75 Å². The summed E-state index contributed by atoms with van der Waals surface area (Å²) in [6.45, 7) is 4.25. The predicted molar refractivity (Wildman–Crippen MR) is 127 cm³/mol. The number of ether oxygens (including phenoxy) is 1. The number of aromatic nitrogens is 1. The van der Waals surface area contributed by atoms with Gasteiger partial charge in [-0.1, -0.05) is 24.3 Å². The fourth-order valence-corrected chi connectivity index (χ4v) is 5.51. The summed E-state index contributed by atoms with van der Waals surface area (Å²) >= 11 is 0. The Bertz CT molecular complexity index is 1240. The molecule has 1 fully saturated rings. The number of piperazine rings is 1. The number of pyridine rings is 1. The van der Waals surface area contributed by atoms with E-state index in [0.29, 0.717) is 38.2 Å². The minimum absolute atomic E-state index is 0.0873. The van der Waals surface area contributed by atoms with Gasteiger partial charge in [0, 0.05) is 44.3 Å². The van der Waals surface area contributed by atoms with Gasteiger partial charge in [-0.05, 0) is 42.3 Å². The van der Waals surface area contributed by atoms with Crippen LogP contribution in [0.1, 0.15) is 11.1 Å². The molecule has 1 saturated heterocycles. The van der Waals surface area contributed by atoms with Crippen molar-refractivity contribution in [2.24, 2.45) is 0 Å². The Morgan fingerprint density at radius 3 is 2.52 bits per heavy atom. The van der Waals surface area contributed by atoms with Crippen LogP contribution < -0.4 is 10.1 Å². The van der Waals surface area contributed by atoms with Gasteiger partial charge >= 0.3 is 0 Å². The van der Waals surface area contributed by atoms with Gasteiger partial charge in [0.1, 0.15) is 10.6 Å². The van der Waals surface area contributed by atoms with E-state index in [1.165, 1.54) is 4.31 Å². The third-order valence-corrected chi connectivity index (χ3v) is 7.71. The van der Waals surface area contributed by atoms with E-state index in [-0.39, 0.29) is 17.3 Å². The van der Waals surface area contributed by atoms with E-state index in [4.69, 9.17) is 4.74 Å². The maximum absolute atomic E-state index is 13.3. The Balaban J connectivity index is 1.33. The first-order valence-electron chi connectivity index (χ1n) is 10.8. The highest BCUT2D eigenvalue weighted by atomic mass is 32.2. The van der Waals surface area contributed by atoms with Crippen LogP contribution in [0.15, 0.2) is 59.6 Å². The molecule has 8 nitrogen and oxygen atoms in total. The molecule has 0 radical (unpaired) electrons. The van der Waals surface area contributed by atoms with Gasteiger partial charge in [0.15, 0.2) is 0 Å². The highest BCUT2D eigenvalue weighted by molar-refractivity contribution is 7.89. The summed E-state index contributed by atoms with van der Waals surface area (Å²) in [5, 5.41) is 3.72. The molecule has 33 heavy (non-hydrogen) atoms. The first-order chi connectivity index (χ1) is 15.9. The van der Waals surface area contributed by atoms with Gasteiger partial charge < -0.3 is 10.1 Å². The first kappa shape index (κ1) is 23.2. The van der Waals surface area contributed by atoms with Crippen molar-refractivity contribution in [3.05, 3.63) is 65.9 Å². The molecule has 0 atom stereocenters. The van der Waals surface area contributed by atoms with Crippen LogP contribution in [-0.4, -0.2) is 68.3 Å². The van der Waals surface area contributed by atoms with E-state index in [1.54, 1.807) is 25.4 Å². The van der Waals surface area contributed by atoms with Crippen molar-refractivity contribution in [1.82, 2.24) is 19.5 Å². The Morgan fingerprint density at radius 1 is 1.09 bits per heavy atom. The summed E-state index contributed by atoms with van der Waals surface area (Å²) in [5.74, 6) is 0.683. The van der Waals surface area contributed by atoms with Crippen molar-refractivity contribution in [2.45, 2.75) is 18.4 Å². The van der Waals surface area contributed by atoms with Crippen LogP contribution >= 0.6 is 0 Å². The second kappa shape index (κ2) is 9.86. The maximum Gasteiger partial charge on any atom is 0.245 e. The molecule has 4 rings (SSSR count). The van der Waals surface area contributed by atoms with Gasteiger partial charge in [-0.25, -0.2) is 8.42 Å². The number of fused-ring (bicyclic) bond motifs is 1. The molecule has 0 unspecified atom stereocenters. The average Bonchev–Trinajstić information content (AvgIpc) is 2.83. The fourth-order valence-electron chi connectivity index (χ4n) is 3.92. The number of benzene rings is 2. The molecule has 3 aromatic rings. The zero-order valence-electron chi connectivity index (χ0n) is 18.8. The molecule has 0 spiro atoms. The number of rotatable bonds is 7. The second-order valence-electron chi connectivity index (χ2n) is 8.15. The van der Waals surface area contributed by atoms with Crippen LogP contribution in [0.2, 0.25) is 0 Å². The van der Waals surface area contributed by atoms with Crippen LogP contribution in [0, 0.1) is 6.92 Å². The van der Waals surface area contributed by atoms with Crippen LogP contribution in [-0.2, 0) is 21.4 Å². The lowest BCUT2D eigenvalue weighted by Gasteiger charge is -2.33. The van der Waals surface area contributed by atoms with Crippen molar-refractivity contribution in [1.29, 1.82) is 0 Å². The number of methoxy groups -OCH3 is 1. The molecular weight excluding hydrogens is 440 g/mol. The smallest absolute Gasteiger partial charge is 0.245 e. The topological polar surface area (TPSA) is 91.8 Å². The van der Waals surface area contributed by atoms with Gasteiger partial charge in [-0.3, -0.25) is 14.7 Å². The number of nitrogens with zero attached hydrogens (tertiary/aromatic N) is 3. The zero-order valence-corrected chi connectivity index (χ0v) is 19.6. The minimum atomic E-state index is -3.67. The van der Waals surface area contributed by atoms with Crippen LogP contribution in [0.3, 0.4) is 0 Å². The number of amides is 1. The molecule has 9 heteroatoms. The third-order valence-electron chi connectivity index (χ3n) is 5.78. The zero-order chi connectivity index (χ0) is 23.4. The normalized spacial score (nSPS) is 15.5. The molecule has 0 saturated carbocycles. The standard InChI is InChI=1S/C24H28N4O4S/c1-18-14-20-4-3-5-22(24(20)26-15-18)33(30,31)28-12-10-27(11-13-28)17-23(29)25-16-19-6-8-21(32-2)9-7-19/h3-9,14-15H,10-13,16-17H2,1-2H3,(H,25,29). The lowest BCUT2D eigenvalue weighted by molar-refractivity contribution is -0.122. The monoisotopic (exact) mass is 468 g/mol. The number of aryl methyl sites for hydroxylation is 1. The lowest BCUT2D eigenvalue weighted by atomic mass is 10.2. The van der Waals surface area contributed by atoms with Gasteiger partial charge in [-0.2, -0.15) is 4.31 Å². The molecular formula is C24H28N4O4S. The summed E-state index contributed by atoms with van der Waals surface area (Å²) in [4.78, 5) is 18.9. The Hall–Kier alpha value is -3.01. The Kier molecular flexibility index (Phi) is 6.92. The van der Waals surface area contributed by atoms with E-state index >= 15 is 0 Å². The molecule has 0 bridgehead atoms. The molecule has 1 amide bonds. The van der Waals surface area contributed by atoms with Crippen LogP contribution in [0.4, 0.5) is 0 Å². The van der Waals surface area contributed by atoms with Crippen LogP contribution in [0.5, 0.6) is 5.75 Å². The summed E-state index contributed by atoms with van der Waals surface area (Å²) in [5.41, 5.74) is 2.46. The lowest BCUT2D eigenvalue weighted by Crippen LogP contribution is -2.51. The van der Waals surface area contributed by atoms with Crippen molar-refractivity contribution < 1.29 is 17.9 Å². The number of sulfonamides is 1. The van der Waals surface area contributed by atoms with Crippen molar-refractivity contribution >= 4 is 26.8 Å². The Labute approximate surface area is 194 Å². The summed E-state index contributed by atoms with van der Waals surface area (Å²) in [6.07, 6.45) is 1.68. The highest BCUT2D eigenvalue weighted by Crippen LogP contribution is 2.25.